The van der Waals surface area contributed by atoms with E-state index in [1.54, 1.807) is 0 Å². The fraction of sp³-hybridized carbons (Fsp3) is 0.900. The Morgan fingerprint density at radius 1 is 1.50 bits per heavy atom. The van der Waals surface area contributed by atoms with Crippen LogP contribution in [0.25, 0.3) is 0 Å². The van der Waals surface area contributed by atoms with Gasteiger partial charge in [0.2, 0.25) is 5.91 Å². The predicted molar refractivity (Wildman–Crippen MR) is 47.7 cm³/mol. The van der Waals surface area contributed by atoms with Gasteiger partial charge < -0.3 is 5.32 Å². The minimum Gasteiger partial charge on any atom is -0.354 e. The van der Waals surface area contributed by atoms with Gasteiger partial charge in [-0.05, 0) is 38.5 Å². The molecular weight excluding hydrogens is 150 g/mol. The summed E-state index contributed by atoms with van der Waals surface area (Å²) in [4.78, 5) is 11.5. The topological polar surface area (TPSA) is 29.1 Å². The van der Waals surface area contributed by atoms with Crippen molar-refractivity contribution in [2.24, 2.45) is 11.3 Å². The van der Waals surface area contributed by atoms with Gasteiger partial charge in [-0.25, -0.2) is 0 Å². The molecule has 0 radical (unpaired) electrons. The monoisotopic (exact) mass is 167 g/mol. The number of amides is 1. The van der Waals surface area contributed by atoms with E-state index in [0.717, 1.165) is 6.42 Å². The molecule has 2 aliphatic carbocycles. The maximum Gasteiger partial charge on any atom is 0.223 e. The van der Waals surface area contributed by atoms with Gasteiger partial charge in [0.1, 0.15) is 0 Å². The third-order valence-corrected chi connectivity index (χ3v) is 3.29. The molecule has 2 heteroatoms. The maximum atomic E-state index is 11.5. The molecule has 1 N–H and O–H groups in total. The summed E-state index contributed by atoms with van der Waals surface area (Å²) in [5.41, 5.74) is 0.485. The Bertz CT molecular complexity index is 206. The molecule has 2 aliphatic rings. The number of rotatable bonds is 2. The van der Waals surface area contributed by atoms with E-state index in [4.69, 9.17) is 0 Å². The summed E-state index contributed by atoms with van der Waals surface area (Å²) in [6.45, 7) is 4.04. The second kappa shape index (κ2) is 2.48. The van der Waals surface area contributed by atoms with E-state index in [2.05, 4.69) is 5.32 Å². The molecule has 2 nitrogen and oxygen atoms in total. The zero-order valence-electron chi connectivity index (χ0n) is 7.89. The summed E-state index contributed by atoms with van der Waals surface area (Å²) >= 11 is 0. The molecule has 1 amide bonds. The van der Waals surface area contributed by atoms with Crippen LogP contribution in [0.4, 0.5) is 0 Å². The normalized spacial score (nSPS) is 30.1. The van der Waals surface area contributed by atoms with Crippen molar-refractivity contribution in [2.45, 2.75) is 45.6 Å². The van der Waals surface area contributed by atoms with Crippen molar-refractivity contribution in [2.75, 3.05) is 0 Å². The second-order valence-electron chi connectivity index (χ2n) is 4.64. The summed E-state index contributed by atoms with van der Waals surface area (Å²) in [6.07, 6.45) is 5.09. The number of carbonyl (C=O) groups is 1. The van der Waals surface area contributed by atoms with Crippen LogP contribution in [-0.4, -0.2) is 11.9 Å². The fourth-order valence-electron chi connectivity index (χ4n) is 2.29. The Hall–Kier alpha value is -0.530. The molecule has 0 saturated heterocycles. The molecule has 12 heavy (non-hydrogen) atoms. The summed E-state index contributed by atoms with van der Waals surface area (Å²) in [6, 6.07) is 0.301. The van der Waals surface area contributed by atoms with Crippen LogP contribution in [0.3, 0.4) is 0 Å². The van der Waals surface area contributed by atoms with Crippen LogP contribution in [0.15, 0.2) is 0 Å². The third kappa shape index (κ3) is 1.13. The molecule has 0 aromatic carbocycles. The molecule has 1 atom stereocenters. The van der Waals surface area contributed by atoms with Crippen molar-refractivity contribution in [1.82, 2.24) is 5.32 Å². The molecule has 1 unspecified atom stereocenters. The predicted octanol–water partition coefficient (Wildman–Crippen LogP) is 1.70. The van der Waals surface area contributed by atoms with Gasteiger partial charge in [0, 0.05) is 12.0 Å². The van der Waals surface area contributed by atoms with Gasteiger partial charge in [0.25, 0.3) is 0 Å². The van der Waals surface area contributed by atoms with Gasteiger partial charge in [-0.15, -0.1) is 0 Å². The zero-order chi connectivity index (χ0) is 8.77. The molecule has 68 valence electrons. The average molecular weight is 167 g/mol. The van der Waals surface area contributed by atoms with E-state index in [1.165, 1.54) is 19.3 Å². The van der Waals surface area contributed by atoms with E-state index in [1.807, 2.05) is 13.8 Å². The van der Waals surface area contributed by atoms with E-state index < -0.39 is 0 Å². The van der Waals surface area contributed by atoms with Crippen molar-refractivity contribution >= 4 is 5.91 Å². The van der Waals surface area contributed by atoms with Gasteiger partial charge in [-0.1, -0.05) is 6.42 Å². The first kappa shape index (κ1) is 8.09. The number of hydrogen-bond acceptors (Lipinski definition) is 1. The second-order valence-corrected chi connectivity index (χ2v) is 4.64. The number of nitrogens with one attached hydrogen (secondary N) is 1. The minimum absolute atomic E-state index is 0.296. The van der Waals surface area contributed by atoms with Gasteiger partial charge in [-0.3, -0.25) is 4.79 Å². The van der Waals surface area contributed by atoms with Crippen molar-refractivity contribution in [3.63, 3.8) is 0 Å². The Morgan fingerprint density at radius 3 is 2.50 bits per heavy atom. The number of carbonyl (C=O) groups excluding carboxylic acids is 1. The fourth-order valence-corrected chi connectivity index (χ4v) is 2.29. The van der Waals surface area contributed by atoms with Gasteiger partial charge in [0.05, 0.1) is 0 Å². The van der Waals surface area contributed by atoms with Gasteiger partial charge >= 0.3 is 0 Å². The van der Waals surface area contributed by atoms with Crippen LogP contribution in [0, 0.1) is 11.3 Å². The lowest BCUT2D eigenvalue weighted by molar-refractivity contribution is -0.124. The first-order valence-electron chi connectivity index (χ1n) is 4.94. The summed E-state index contributed by atoms with van der Waals surface area (Å²) in [7, 11) is 0. The molecular formula is C10H17NO. The van der Waals surface area contributed by atoms with Crippen LogP contribution < -0.4 is 5.32 Å². The lowest BCUT2D eigenvalue weighted by Gasteiger charge is -2.26. The molecule has 0 heterocycles. The van der Waals surface area contributed by atoms with E-state index in [-0.39, 0.29) is 0 Å². The van der Waals surface area contributed by atoms with Crippen LogP contribution in [0.2, 0.25) is 0 Å². The molecule has 2 rings (SSSR count). The first-order chi connectivity index (χ1) is 5.64. The van der Waals surface area contributed by atoms with Crippen molar-refractivity contribution in [3.05, 3.63) is 0 Å². The smallest absolute Gasteiger partial charge is 0.223 e. The summed E-state index contributed by atoms with van der Waals surface area (Å²) < 4.78 is 0. The largest absolute Gasteiger partial charge is 0.354 e. The lowest BCUT2D eigenvalue weighted by Crippen LogP contribution is -2.34. The van der Waals surface area contributed by atoms with Crippen molar-refractivity contribution in [3.8, 4) is 0 Å². The molecule has 2 saturated carbocycles. The Morgan fingerprint density at radius 2 is 2.17 bits per heavy atom. The Kier molecular flexibility index (Phi) is 1.67. The van der Waals surface area contributed by atoms with E-state index in [9.17, 15) is 4.79 Å². The quantitative estimate of drug-likeness (QED) is 0.666. The average Bonchev–Trinajstić information content (AvgIpc) is 2.56. The highest BCUT2D eigenvalue weighted by Gasteiger charge is 2.60. The standard InChI is InChI=1S/C10H17NO/c1-7(2)11-9(12)8-6-10(8)4-3-5-10/h7-8H,3-6H2,1-2H3,(H,11,12). The first-order valence-corrected chi connectivity index (χ1v) is 4.94. The highest BCUT2D eigenvalue weighted by molar-refractivity contribution is 5.83. The van der Waals surface area contributed by atoms with E-state index >= 15 is 0 Å². The van der Waals surface area contributed by atoms with Crippen LogP contribution in [-0.2, 0) is 4.79 Å². The van der Waals surface area contributed by atoms with Crippen molar-refractivity contribution in [1.29, 1.82) is 0 Å². The minimum atomic E-state index is 0.296. The Balaban J connectivity index is 1.83. The van der Waals surface area contributed by atoms with Gasteiger partial charge in [-0.2, -0.15) is 0 Å². The van der Waals surface area contributed by atoms with E-state index in [0.29, 0.717) is 23.3 Å². The van der Waals surface area contributed by atoms with Crippen LogP contribution in [0.5, 0.6) is 0 Å². The molecule has 2 fully saturated rings. The number of hydrogen-bond donors (Lipinski definition) is 1. The van der Waals surface area contributed by atoms with Gasteiger partial charge in [0.15, 0.2) is 0 Å². The highest BCUT2D eigenvalue weighted by atomic mass is 16.2. The summed E-state index contributed by atoms with van der Waals surface area (Å²) in [5, 5.41) is 2.99. The summed E-state index contributed by atoms with van der Waals surface area (Å²) in [5.74, 6) is 0.665. The molecule has 0 aromatic heterocycles. The molecule has 0 aliphatic heterocycles. The SMILES string of the molecule is CC(C)NC(=O)C1CC12CCC2. The third-order valence-electron chi connectivity index (χ3n) is 3.29. The molecule has 0 aromatic rings. The van der Waals surface area contributed by atoms with Crippen LogP contribution in [0.1, 0.15) is 39.5 Å². The molecule has 0 bridgehead atoms. The van der Waals surface area contributed by atoms with Crippen molar-refractivity contribution < 1.29 is 4.79 Å². The molecule has 1 spiro atoms. The zero-order valence-corrected chi connectivity index (χ0v) is 7.89. The maximum absolute atomic E-state index is 11.5. The van der Waals surface area contributed by atoms with Crippen LogP contribution >= 0.6 is 0 Å². The highest BCUT2D eigenvalue weighted by Crippen LogP contribution is 2.65. The Labute approximate surface area is 73.7 Å². The lowest BCUT2D eigenvalue weighted by atomic mass is 9.79.